The molecule has 0 heterocycles. The molecule has 0 radical (unpaired) electrons. The quantitative estimate of drug-likeness (QED) is 0.395. The summed E-state index contributed by atoms with van der Waals surface area (Å²) in [6.07, 6.45) is 9.62. The van der Waals surface area contributed by atoms with Gasteiger partial charge in [0.25, 0.3) is 0 Å². The highest BCUT2D eigenvalue weighted by Crippen LogP contribution is 2.68. The summed E-state index contributed by atoms with van der Waals surface area (Å²) in [5.41, 5.74) is 0.628. The fraction of sp³-hybridized carbons (Fsp3) is 0.862. The summed E-state index contributed by atoms with van der Waals surface area (Å²) in [4.78, 5) is 23.8. The van der Waals surface area contributed by atoms with Crippen molar-refractivity contribution < 1.29 is 24.2 Å². The molecular weight excluding hydrogens is 428 g/mol. The van der Waals surface area contributed by atoms with Crippen LogP contribution in [0.15, 0.2) is 12.2 Å². The smallest absolute Gasteiger partial charge is 0.333 e. The van der Waals surface area contributed by atoms with Gasteiger partial charge in [0, 0.05) is 12.0 Å². The lowest BCUT2D eigenvalue weighted by Crippen LogP contribution is -2.59. The molecule has 4 aliphatic carbocycles. The van der Waals surface area contributed by atoms with Gasteiger partial charge in [0.05, 0.1) is 13.2 Å². The van der Waals surface area contributed by atoms with E-state index in [4.69, 9.17) is 9.47 Å². The summed E-state index contributed by atoms with van der Waals surface area (Å²) < 4.78 is 10.6. The third kappa shape index (κ3) is 4.24. The van der Waals surface area contributed by atoms with E-state index in [1.165, 1.54) is 26.4 Å². The number of ether oxygens (including phenoxy) is 2. The van der Waals surface area contributed by atoms with Crippen LogP contribution in [0, 0.1) is 46.3 Å². The van der Waals surface area contributed by atoms with Gasteiger partial charge in [-0.2, -0.15) is 0 Å². The molecule has 4 rings (SSSR count). The summed E-state index contributed by atoms with van der Waals surface area (Å²) in [5, 5.41) is 11.7. The molecule has 0 aromatic heterocycles. The summed E-state index contributed by atoms with van der Waals surface area (Å²) >= 11 is 0. The van der Waals surface area contributed by atoms with Crippen LogP contribution in [0.2, 0.25) is 0 Å². The second-order valence-electron chi connectivity index (χ2n) is 12.6. The third-order valence-corrected chi connectivity index (χ3v) is 11.1. The van der Waals surface area contributed by atoms with Crippen LogP contribution in [0.25, 0.3) is 0 Å². The van der Waals surface area contributed by atoms with Crippen LogP contribution in [0.4, 0.5) is 0 Å². The van der Waals surface area contributed by atoms with Crippen molar-refractivity contribution in [2.75, 3.05) is 7.11 Å². The number of fused-ring (bicyclic) bond motifs is 5. The molecule has 0 aromatic carbocycles. The van der Waals surface area contributed by atoms with Crippen LogP contribution < -0.4 is 0 Å². The van der Waals surface area contributed by atoms with E-state index >= 15 is 0 Å². The summed E-state index contributed by atoms with van der Waals surface area (Å²) in [6, 6.07) is 0. The molecule has 4 fully saturated rings. The number of carbonyl (C=O) groups excluding carboxylic acids is 2. The Kier molecular flexibility index (Phi) is 7.26. The first-order valence-electron chi connectivity index (χ1n) is 13.6. The first kappa shape index (κ1) is 25.7. The van der Waals surface area contributed by atoms with Crippen molar-refractivity contribution >= 4 is 11.9 Å². The molecule has 0 spiro atoms. The van der Waals surface area contributed by atoms with E-state index in [0.717, 1.165) is 38.5 Å². The third-order valence-electron chi connectivity index (χ3n) is 11.1. The van der Waals surface area contributed by atoms with Crippen molar-refractivity contribution in [3.8, 4) is 0 Å². The predicted octanol–water partition coefficient (Wildman–Crippen LogP) is 5.69. The molecule has 5 nitrogen and oxygen atoms in total. The minimum atomic E-state index is -0.290. The van der Waals surface area contributed by atoms with Crippen molar-refractivity contribution in [1.29, 1.82) is 0 Å². The van der Waals surface area contributed by atoms with Gasteiger partial charge in [0.1, 0.15) is 6.10 Å². The number of methoxy groups -OCH3 is 1. The van der Waals surface area contributed by atoms with Gasteiger partial charge in [-0.1, -0.05) is 27.4 Å². The average molecular weight is 475 g/mol. The van der Waals surface area contributed by atoms with E-state index in [0.29, 0.717) is 47.5 Å². The Balaban J connectivity index is 1.47. The highest BCUT2D eigenvalue weighted by atomic mass is 16.5. The monoisotopic (exact) mass is 474 g/mol. The second-order valence-corrected chi connectivity index (χ2v) is 12.6. The Morgan fingerprint density at radius 3 is 2.50 bits per heavy atom. The molecule has 4 aliphatic rings. The Labute approximate surface area is 206 Å². The number of hydrogen-bond acceptors (Lipinski definition) is 5. The Morgan fingerprint density at radius 1 is 1.09 bits per heavy atom. The topological polar surface area (TPSA) is 72.8 Å². The Morgan fingerprint density at radius 2 is 1.82 bits per heavy atom. The summed E-state index contributed by atoms with van der Waals surface area (Å²) in [5.74, 6) is 2.80. The van der Waals surface area contributed by atoms with Crippen molar-refractivity contribution in [2.45, 2.75) is 104 Å². The minimum absolute atomic E-state index is 0.00382. The van der Waals surface area contributed by atoms with Gasteiger partial charge in [-0.15, -0.1) is 0 Å². The highest BCUT2D eigenvalue weighted by molar-refractivity contribution is 5.87. The molecule has 0 bridgehead atoms. The zero-order valence-electron chi connectivity index (χ0n) is 22.0. The molecule has 6 unspecified atom stereocenters. The molecule has 4 saturated carbocycles. The normalized spacial score (nSPS) is 44.2. The van der Waals surface area contributed by atoms with Crippen molar-refractivity contribution in [3.05, 3.63) is 12.2 Å². The predicted molar refractivity (Wildman–Crippen MR) is 132 cm³/mol. The van der Waals surface area contributed by atoms with Crippen molar-refractivity contribution in [1.82, 2.24) is 0 Å². The fourth-order valence-electron chi connectivity index (χ4n) is 9.15. The van der Waals surface area contributed by atoms with Crippen molar-refractivity contribution in [2.24, 2.45) is 46.3 Å². The maximum absolute atomic E-state index is 12.1. The molecule has 0 amide bonds. The average Bonchev–Trinajstić information content (AvgIpc) is 3.16. The molecule has 0 saturated heterocycles. The number of carbonyl (C=O) groups is 2. The van der Waals surface area contributed by atoms with Gasteiger partial charge in [-0.25, -0.2) is 4.79 Å². The lowest BCUT2D eigenvalue weighted by molar-refractivity contribution is -0.180. The zero-order chi connectivity index (χ0) is 24.8. The van der Waals surface area contributed by atoms with Crippen LogP contribution in [0.3, 0.4) is 0 Å². The first-order chi connectivity index (χ1) is 16.0. The van der Waals surface area contributed by atoms with Crippen LogP contribution >= 0.6 is 0 Å². The molecule has 5 heteroatoms. The van der Waals surface area contributed by atoms with Crippen LogP contribution in [-0.2, 0) is 19.1 Å². The van der Waals surface area contributed by atoms with E-state index in [-0.39, 0.29) is 35.0 Å². The van der Waals surface area contributed by atoms with E-state index in [2.05, 4.69) is 27.4 Å². The molecule has 1 N–H and O–H groups in total. The van der Waals surface area contributed by atoms with Gasteiger partial charge < -0.3 is 14.6 Å². The van der Waals surface area contributed by atoms with Gasteiger partial charge in [-0.05, 0) is 111 Å². The number of aliphatic hydroxyl groups is 1. The molecule has 0 aromatic rings. The van der Waals surface area contributed by atoms with Gasteiger partial charge in [-0.3, -0.25) is 4.79 Å². The lowest BCUT2D eigenvalue weighted by atomic mass is 9.43. The van der Waals surface area contributed by atoms with Gasteiger partial charge in [0.2, 0.25) is 0 Å². The van der Waals surface area contributed by atoms with E-state index in [1.807, 2.05) is 0 Å². The number of rotatable bonds is 6. The largest absolute Gasteiger partial charge is 0.469 e. The lowest BCUT2D eigenvalue weighted by Gasteiger charge is -2.62. The van der Waals surface area contributed by atoms with Gasteiger partial charge in [0.15, 0.2) is 0 Å². The molecule has 192 valence electrons. The highest BCUT2D eigenvalue weighted by Gasteiger charge is 2.63. The minimum Gasteiger partial charge on any atom is -0.469 e. The maximum atomic E-state index is 12.1. The van der Waals surface area contributed by atoms with Crippen LogP contribution in [0.5, 0.6) is 0 Å². The van der Waals surface area contributed by atoms with Gasteiger partial charge >= 0.3 is 11.9 Å². The van der Waals surface area contributed by atoms with Crippen LogP contribution in [0.1, 0.15) is 91.9 Å². The maximum Gasteiger partial charge on any atom is 0.333 e. The number of aliphatic hydroxyl groups excluding tert-OH is 1. The van der Waals surface area contributed by atoms with Crippen molar-refractivity contribution in [3.63, 3.8) is 0 Å². The Hall–Kier alpha value is -1.36. The first-order valence-corrected chi connectivity index (χ1v) is 13.6. The standard InChI is InChI=1S/C29H46O5/c1-17(2)27(32)34-20-13-14-28(4)19(15-20)8-9-21-23-11-10-22(18(3)7-12-26(31)33-6)29(23,5)25(30)16-24(21)28/h18-25,30H,1,7-16H2,2-6H3/t18?,19?,20-,21?,22?,23?,24?,25+,28+,29-/m1/s1. The molecule has 0 aliphatic heterocycles. The van der Waals surface area contributed by atoms with E-state index in [1.54, 1.807) is 6.92 Å². The van der Waals surface area contributed by atoms with E-state index in [9.17, 15) is 14.7 Å². The SMILES string of the molecule is C=C(C)C(=O)O[C@@H]1CC[C@@]2(C)C(CCC3C2C[C@H](O)[C@]2(C)C(C(C)CCC(=O)OC)CCC32)C1. The molecular formula is C29H46O5. The Bertz CT molecular complexity index is 806. The van der Waals surface area contributed by atoms with E-state index < -0.39 is 0 Å². The summed E-state index contributed by atoms with van der Waals surface area (Å²) in [7, 11) is 1.46. The molecule has 10 atom stereocenters. The molecule has 34 heavy (non-hydrogen) atoms. The second kappa shape index (κ2) is 9.59. The number of hydrogen-bond donors (Lipinski definition) is 1. The number of esters is 2. The van der Waals surface area contributed by atoms with Crippen LogP contribution in [-0.4, -0.2) is 36.4 Å². The zero-order valence-corrected chi connectivity index (χ0v) is 22.0. The fourth-order valence-corrected chi connectivity index (χ4v) is 9.15. The summed E-state index contributed by atoms with van der Waals surface area (Å²) in [6.45, 7) is 12.5.